The van der Waals surface area contributed by atoms with Gasteiger partial charge in [-0.3, -0.25) is 0 Å². The van der Waals surface area contributed by atoms with Crippen molar-refractivity contribution >= 4 is 22.7 Å². The highest BCUT2D eigenvalue weighted by Crippen LogP contribution is 2.44. The van der Waals surface area contributed by atoms with Gasteiger partial charge in [0.2, 0.25) is 0 Å². The van der Waals surface area contributed by atoms with Gasteiger partial charge in [-0.25, -0.2) is 18.6 Å². The van der Waals surface area contributed by atoms with Crippen molar-refractivity contribution in [2.24, 2.45) is 0 Å². The molecular weight excluding hydrogens is 504 g/mol. The molecular formula is C30H31F2N3O4. The molecule has 2 aromatic heterocycles. The third-order valence-electron chi connectivity index (χ3n) is 6.79. The number of hydrogen-bond donors (Lipinski definition) is 2. The summed E-state index contributed by atoms with van der Waals surface area (Å²) in [4.78, 5) is 17.4. The van der Waals surface area contributed by atoms with Gasteiger partial charge in [0.05, 0.1) is 11.3 Å². The minimum atomic E-state index is -1.27. The third kappa shape index (κ3) is 5.06. The molecule has 2 N–H and O–H groups in total. The van der Waals surface area contributed by atoms with Gasteiger partial charge < -0.3 is 24.5 Å². The first kappa shape index (κ1) is 26.6. The number of benzene rings is 2. The van der Waals surface area contributed by atoms with Gasteiger partial charge in [-0.05, 0) is 75.6 Å². The number of nitrogens with one attached hydrogen (secondary N) is 1. The number of aromatic nitrogens is 2. The number of fused-ring (bicyclic) bond motifs is 2. The highest BCUT2D eigenvalue weighted by atomic mass is 19.2. The first-order chi connectivity index (χ1) is 18.4. The van der Waals surface area contributed by atoms with E-state index in [4.69, 9.17) is 14.5 Å². The first-order valence-electron chi connectivity index (χ1n) is 12.8. The van der Waals surface area contributed by atoms with Gasteiger partial charge >= 0.3 is 5.97 Å². The predicted octanol–water partition coefficient (Wildman–Crippen LogP) is 6.39. The lowest BCUT2D eigenvalue weighted by atomic mass is 9.89. The summed E-state index contributed by atoms with van der Waals surface area (Å²) in [5, 5.41) is 14.4. The van der Waals surface area contributed by atoms with Crippen LogP contribution < -0.4 is 10.1 Å². The summed E-state index contributed by atoms with van der Waals surface area (Å²) in [7, 11) is 0. The molecule has 2 aromatic carbocycles. The zero-order valence-electron chi connectivity index (χ0n) is 22.6. The minimum Gasteiger partial charge on any atom is -0.490 e. The fourth-order valence-electron chi connectivity index (χ4n) is 5.12. The molecule has 1 aliphatic rings. The van der Waals surface area contributed by atoms with E-state index in [1.54, 1.807) is 6.92 Å². The zero-order chi connectivity index (χ0) is 28.1. The number of hydrogen-bond acceptors (Lipinski definition) is 5. The molecule has 0 fully saturated rings. The quantitative estimate of drug-likeness (QED) is 0.298. The summed E-state index contributed by atoms with van der Waals surface area (Å²) in [6, 6.07) is 9.49. The van der Waals surface area contributed by atoms with Crippen LogP contribution in [0, 0.1) is 25.5 Å². The minimum absolute atomic E-state index is 0.255. The Morgan fingerprint density at radius 3 is 2.64 bits per heavy atom. The smallest absolute Gasteiger partial charge is 0.337 e. The molecule has 7 nitrogen and oxygen atoms in total. The Balaban J connectivity index is 1.77. The van der Waals surface area contributed by atoms with E-state index in [2.05, 4.69) is 5.32 Å². The van der Waals surface area contributed by atoms with Crippen molar-refractivity contribution in [3.63, 3.8) is 0 Å². The largest absolute Gasteiger partial charge is 0.490 e. The summed E-state index contributed by atoms with van der Waals surface area (Å²) >= 11 is 0. The molecule has 1 atom stereocenters. The summed E-state index contributed by atoms with van der Waals surface area (Å²) < 4.78 is 41.2. The standard InChI is InChI=1S/C30H31F2N3O4/c1-16-19(7-9-23-26(16)33-11-13-38-23)25-20-10-12-35(15-18-6-8-21(31)22(32)14-18)28(20)34-17(2)24(25)27(29(36)37)39-30(3,4)5/h6-10,12,14,27,33H,11,13,15H2,1-5H3,(H,36,37). The van der Waals surface area contributed by atoms with Crippen molar-refractivity contribution in [2.75, 3.05) is 18.5 Å². The number of aliphatic carboxylic acids is 1. The molecule has 0 spiro atoms. The van der Waals surface area contributed by atoms with E-state index in [-0.39, 0.29) is 6.54 Å². The second-order valence-electron chi connectivity index (χ2n) is 10.8. The van der Waals surface area contributed by atoms with Crippen LogP contribution in [-0.2, 0) is 16.1 Å². The maximum atomic E-state index is 13.9. The van der Waals surface area contributed by atoms with E-state index in [1.165, 1.54) is 12.1 Å². The van der Waals surface area contributed by atoms with E-state index < -0.39 is 29.3 Å². The van der Waals surface area contributed by atoms with Crippen molar-refractivity contribution in [2.45, 2.75) is 52.9 Å². The normalized spacial score (nSPS) is 14.0. The van der Waals surface area contributed by atoms with E-state index in [0.717, 1.165) is 34.0 Å². The monoisotopic (exact) mass is 535 g/mol. The van der Waals surface area contributed by atoms with E-state index >= 15 is 0 Å². The number of ether oxygens (including phenoxy) is 2. The number of carboxylic acid groups (broad SMARTS) is 1. The van der Waals surface area contributed by atoms with Crippen molar-refractivity contribution in [3.8, 4) is 16.9 Å². The maximum Gasteiger partial charge on any atom is 0.337 e. The van der Waals surface area contributed by atoms with Gasteiger partial charge in [-0.2, -0.15) is 0 Å². The molecule has 0 radical (unpaired) electrons. The van der Waals surface area contributed by atoms with Crippen LogP contribution in [0.15, 0.2) is 42.6 Å². The van der Waals surface area contributed by atoms with Gasteiger partial charge in [0.25, 0.3) is 0 Å². The van der Waals surface area contributed by atoms with Crippen LogP contribution in [0.25, 0.3) is 22.2 Å². The van der Waals surface area contributed by atoms with Crippen LogP contribution in [0.4, 0.5) is 14.5 Å². The number of pyridine rings is 1. The Kier molecular flexibility index (Phi) is 6.80. The molecule has 1 unspecified atom stereocenters. The predicted molar refractivity (Wildman–Crippen MR) is 145 cm³/mol. The molecule has 0 saturated heterocycles. The number of halogens is 2. The Hall–Kier alpha value is -3.98. The SMILES string of the molecule is Cc1nc2c(ccn2Cc2ccc(F)c(F)c2)c(-c2ccc3c(c2C)NCCO3)c1C(OC(C)(C)C)C(=O)O. The number of carboxylic acids is 1. The third-order valence-corrected chi connectivity index (χ3v) is 6.79. The molecule has 4 aromatic rings. The lowest BCUT2D eigenvalue weighted by molar-refractivity contribution is -0.160. The van der Waals surface area contributed by atoms with E-state index in [1.807, 2.05) is 56.7 Å². The molecule has 0 amide bonds. The van der Waals surface area contributed by atoms with Crippen molar-refractivity contribution in [3.05, 3.63) is 76.6 Å². The summed E-state index contributed by atoms with van der Waals surface area (Å²) in [5.74, 6) is -2.20. The Bertz CT molecular complexity index is 1590. The van der Waals surface area contributed by atoms with Crippen molar-refractivity contribution in [1.29, 1.82) is 0 Å². The fraction of sp³-hybridized carbons (Fsp3) is 0.333. The summed E-state index contributed by atoms with van der Waals surface area (Å²) in [6.45, 7) is 10.7. The van der Waals surface area contributed by atoms with Crippen molar-refractivity contribution < 1.29 is 28.2 Å². The van der Waals surface area contributed by atoms with Crippen LogP contribution in [0.3, 0.4) is 0 Å². The van der Waals surface area contributed by atoms with Crippen LogP contribution in [-0.4, -0.2) is 39.4 Å². The molecule has 0 aliphatic carbocycles. The molecule has 0 saturated carbocycles. The summed E-state index contributed by atoms with van der Waals surface area (Å²) in [6.07, 6.45) is 0.548. The van der Waals surface area contributed by atoms with E-state index in [9.17, 15) is 18.7 Å². The molecule has 0 bridgehead atoms. The van der Waals surface area contributed by atoms with Gasteiger partial charge in [0.1, 0.15) is 18.0 Å². The van der Waals surface area contributed by atoms with Gasteiger partial charge in [-0.1, -0.05) is 12.1 Å². The Morgan fingerprint density at radius 1 is 1.18 bits per heavy atom. The number of aryl methyl sites for hydroxylation is 1. The Morgan fingerprint density at radius 2 is 1.95 bits per heavy atom. The molecule has 9 heteroatoms. The van der Waals surface area contributed by atoms with Gasteiger partial charge in [0.15, 0.2) is 17.7 Å². The number of nitrogens with zero attached hydrogens (tertiary/aromatic N) is 2. The van der Waals surface area contributed by atoms with Crippen LogP contribution >= 0.6 is 0 Å². The molecule has 204 valence electrons. The van der Waals surface area contributed by atoms with Gasteiger partial charge in [0, 0.05) is 41.5 Å². The average Bonchev–Trinajstić information content (AvgIpc) is 3.26. The van der Waals surface area contributed by atoms with Crippen LogP contribution in [0.1, 0.15) is 49.3 Å². The van der Waals surface area contributed by atoms with Gasteiger partial charge in [-0.15, -0.1) is 0 Å². The van der Waals surface area contributed by atoms with Crippen LogP contribution in [0.5, 0.6) is 5.75 Å². The highest BCUT2D eigenvalue weighted by molar-refractivity contribution is 5.99. The first-order valence-corrected chi connectivity index (χ1v) is 12.8. The summed E-state index contributed by atoms with van der Waals surface area (Å²) in [5.41, 5.74) is 4.69. The van der Waals surface area contributed by atoms with E-state index in [0.29, 0.717) is 41.2 Å². The lowest BCUT2D eigenvalue weighted by Crippen LogP contribution is -2.28. The number of carbonyl (C=O) groups is 1. The highest BCUT2D eigenvalue weighted by Gasteiger charge is 2.33. The lowest BCUT2D eigenvalue weighted by Gasteiger charge is -2.29. The Labute approximate surface area is 225 Å². The molecule has 5 rings (SSSR count). The number of anilines is 1. The molecule has 3 heterocycles. The second-order valence-corrected chi connectivity index (χ2v) is 10.8. The maximum absolute atomic E-state index is 13.9. The molecule has 39 heavy (non-hydrogen) atoms. The molecule has 1 aliphatic heterocycles. The van der Waals surface area contributed by atoms with Crippen molar-refractivity contribution in [1.82, 2.24) is 9.55 Å². The second kappa shape index (κ2) is 9.96. The zero-order valence-corrected chi connectivity index (χ0v) is 22.6. The average molecular weight is 536 g/mol. The number of rotatable bonds is 6. The topological polar surface area (TPSA) is 85.6 Å². The van der Waals surface area contributed by atoms with Crippen LogP contribution in [0.2, 0.25) is 0 Å². The fourth-order valence-corrected chi connectivity index (χ4v) is 5.12.